The Bertz CT molecular complexity index is 1010. The van der Waals surface area contributed by atoms with Crippen molar-refractivity contribution in [3.63, 3.8) is 0 Å². The Hall–Kier alpha value is -3.29. The van der Waals surface area contributed by atoms with Crippen molar-refractivity contribution in [3.05, 3.63) is 65.9 Å². The van der Waals surface area contributed by atoms with E-state index in [2.05, 4.69) is 22.1 Å². The van der Waals surface area contributed by atoms with E-state index in [4.69, 9.17) is 4.74 Å². The lowest BCUT2D eigenvalue weighted by Gasteiger charge is -2.38. The molecule has 1 fully saturated rings. The summed E-state index contributed by atoms with van der Waals surface area (Å²) < 4.78 is 18.7. The van der Waals surface area contributed by atoms with Gasteiger partial charge in [-0.3, -0.25) is 4.79 Å². The molecule has 156 valence electrons. The van der Waals surface area contributed by atoms with Crippen LogP contribution in [-0.2, 0) is 0 Å². The van der Waals surface area contributed by atoms with Crippen LogP contribution in [-0.4, -0.2) is 50.0 Å². The fraction of sp³-hybridized carbons (Fsp3) is 0.364. The number of rotatable bonds is 5. The molecule has 30 heavy (non-hydrogen) atoms. The largest absolute Gasteiger partial charge is 0.477 e. The zero-order chi connectivity index (χ0) is 21.1. The van der Waals surface area contributed by atoms with Crippen molar-refractivity contribution in [2.24, 2.45) is 5.92 Å². The summed E-state index contributed by atoms with van der Waals surface area (Å²) in [5.41, 5.74) is 2.25. The second-order valence-corrected chi connectivity index (χ2v) is 7.71. The summed E-state index contributed by atoms with van der Waals surface area (Å²) in [5.74, 6) is 0.126. The molecule has 0 aliphatic carbocycles. The number of halogens is 1. The molecule has 1 aliphatic heterocycles. The Labute approximate surface area is 174 Å². The van der Waals surface area contributed by atoms with E-state index in [1.165, 1.54) is 16.9 Å². The van der Waals surface area contributed by atoms with Gasteiger partial charge in [0.25, 0.3) is 5.91 Å². The number of likely N-dealkylation sites (tertiary alicyclic amines) is 1. The minimum atomic E-state index is -0.397. The van der Waals surface area contributed by atoms with E-state index in [0.717, 1.165) is 24.6 Å². The zero-order valence-electron chi connectivity index (χ0n) is 17.0. The molecule has 8 heteroatoms. The number of hydrogen-bond donors (Lipinski definition) is 0. The second-order valence-electron chi connectivity index (χ2n) is 7.71. The number of benzene rings is 1. The number of carbonyl (C=O) groups is 1. The Morgan fingerprint density at radius 1 is 1.20 bits per heavy atom. The van der Waals surface area contributed by atoms with Gasteiger partial charge in [-0.25, -0.2) is 9.37 Å². The molecule has 4 rings (SSSR count). The molecule has 0 N–H and O–H groups in total. The van der Waals surface area contributed by atoms with Gasteiger partial charge in [-0.05, 0) is 44.9 Å². The van der Waals surface area contributed by atoms with Crippen molar-refractivity contribution in [2.75, 3.05) is 13.2 Å². The number of piperidine rings is 1. The number of ether oxygens (including phenoxy) is 1. The molecule has 2 aromatic heterocycles. The molecule has 2 atom stereocenters. The number of nitrogens with zero attached hydrogens (tertiary/aromatic N) is 5. The van der Waals surface area contributed by atoms with Gasteiger partial charge in [-0.1, -0.05) is 11.6 Å². The number of aromatic nitrogens is 4. The van der Waals surface area contributed by atoms with Gasteiger partial charge < -0.3 is 9.64 Å². The number of amides is 1. The fourth-order valence-corrected chi connectivity index (χ4v) is 3.74. The molecule has 3 aromatic rings. The summed E-state index contributed by atoms with van der Waals surface area (Å²) in [4.78, 5) is 20.8. The second kappa shape index (κ2) is 8.61. The van der Waals surface area contributed by atoms with Crippen LogP contribution in [0, 0.1) is 18.7 Å². The highest BCUT2D eigenvalue weighted by Gasteiger charge is 2.31. The quantitative estimate of drug-likeness (QED) is 0.646. The van der Waals surface area contributed by atoms with Crippen molar-refractivity contribution in [2.45, 2.75) is 32.7 Å². The first-order chi connectivity index (χ1) is 14.5. The van der Waals surface area contributed by atoms with E-state index >= 15 is 0 Å². The Kier molecular flexibility index (Phi) is 5.74. The van der Waals surface area contributed by atoms with Gasteiger partial charge in [0.1, 0.15) is 5.82 Å². The molecule has 1 saturated heterocycles. The van der Waals surface area contributed by atoms with Crippen molar-refractivity contribution in [1.82, 2.24) is 24.9 Å². The monoisotopic (exact) mass is 409 g/mol. The van der Waals surface area contributed by atoms with Gasteiger partial charge in [0.05, 0.1) is 36.4 Å². The van der Waals surface area contributed by atoms with Crippen LogP contribution in [0.1, 0.15) is 35.7 Å². The molecule has 1 aliphatic rings. The molecule has 1 aromatic carbocycles. The first-order valence-corrected chi connectivity index (χ1v) is 10.0. The van der Waals surface area contributed by atoms with Crippen molar-refractivity contribution < 1.29 is 13.9 Å². The minimum Gasteiger partial charge on any atom is -0.477 e. The summed E-state index contributed by atoms with van der Waals surface area (Å²) in [7, 11) is 0. The van der Waals surface area contributed by atoms with E-state index in [9.17, 15) is 9.18 Å². The molecular weight excluding hydrogens is 385 g/mol. The lowest BCUT2D eigenvalue weighted by molar-refractivity contribution is 0.0502. The SMILES string of the molecule is Cc1ccc(-n2nccn2)c(C(=O)N2C[C@H](COc3ccc(F)cn3)CC[C@@H]2C)c1. The first-order valence-electron chi connectivity index (χ1n) is 10.0. The highest BCUT2D eigenvalue weighted by Crippen LogP contribution is 2.26. The number of aryl methyl sites for hydroxylation is 1. The van der Waals surface area contributed by atoms with Crippen LogP contribution in [0.3, 0.4) is 0 Å². The lowest BCUT2D eigenvalue weighted by Crippen LogP contribution is -2.47. The average Bonchev–Trinajstić information content (AvgIpc) is 3.28. The Morgan fingerprint density at radius 2 is 2.00 bits per heavy atom. The molecule has 7 nitrogen and oxygen atoms in total. The predicted octanol–water partition coefficient (Wildman–Crippen LogP) is 3.43. The smallest absolute Gasteiger partial charge is 0.256 e. The zero-order valence-corrected chi connectivity index (χ0v) is 17.0. The third-order valence-electron chi connectivity index (χ3n) is 5.42. The molecule has 0 unspecified atom stereocenters. The number of hydrogen-bond acceptors (Lipinski definition) is 5. The summed E-state index contributed by atoms with van der Waals surface area (Å²) in [5, 5.41) is 8.38. The van der Waals surface area contributed by atoms with Gasteiger partial charge in [0.2, 0.25) is 5.88 Å². The van der Waals surface area contributed by atoms with Crippen LogP contribution in [0.5, 0.6) is 5.88 Å². The predicted molar refractivity (Wildman–Crippen MR) is 109 cm³/mol. The summed E-state index contributed by atoms with van der Waals surface area (Å²) in [6, 6.07) is 8.66. The average molecular weight is 409 g/mol. The van der Waals surface area contributed by atoms with E-state index in [0.29, 0.717) is 30.3 Å². The van der Waals surface area contributed by atoms with Gasteiger partial charge in [-0.2, -0.15) is 15.0 Å². The third-order valence-corrected chi connectivity index (χ3v) is 5.42. The van der Waals surface area contributed by atoms with Gasteiger partial charge in [0.15, 0.2) is 0 Å². The fourth-order valence-electron chi connectivity index (χ4n) is 3.74. The molecule has 0 bridgehead atoms. The molecule has 0 radical (unpaired) electrons. The highest BCUT2D eigenvalue weighted by atomic mass is 19.1. The topological polar surface area (TPSA) is 73.1 Å². The maximum absolute atomic E-state index is 13.5. The van der Waals surface area contributed by atoms with Gasteiger partial charge in [-0.15, -0.1) is 0 Å². The van der Waals surface area contributed by atoms with Crippen LogP contribution in [0.15, 0.2) is 48.9 Å². The Balaban J connectivity index is 1.50. The first kappa shape index (κ1) is 20.0. The highest BCUT2D eigenvalue weighted by molar-refractivity contribution is 5.98. The molecule has 0 saturated carbocycles. The van der Waals surface area contributed by atoms with Crippen LogP contribution in [0.2, 0.25) is 0 Å². The van der Waals surface area contributed by atoms with Crippen LogP contribution < -0.4 is 4.74 Å². The van der Waals surface area contributed by atoms with Crippen LogP contribution >= 0.6 is 0 Å². The minimum absolute atomic E-state index is 0.0388. The summed E-state index contributed by atoms with van der Waals surface area (Å²) >= 11 is 0. The van der Waals surface area contributed by atoms with Crippen LogP contribution in [0.4, 0.5) is 4.39 Å². The number of carbonyl (C=O) groups excluding carboxylic acids is 1. The van der Waals surface area contributed by atoms with Crippen molar-refractivity contribution in [1.29, 1.82) is 0 Å². The van der Waals surface area contributed by atoms with Gasteiger partial charge in [0, 0.05) is 24.6 Å². The standard InChI is InChI=1S/C22H24FN5O2/c1-15-3-7-20(28-25-9-10-26-28)19(11-15)22(29)27-13-17(5-4-16(27)2)14-30-21-8-6-18(23)12-24-21/h3,6-12,16-17H,4-5,13-14H2,1-2H3/t16-,17+/m0/s1. The maximum atomic E-state index is 13.5. The van der Waals surface area contributed by atoms with Crippen molar-refractivity contribution in [3.8, 4) is 11.6 Å². The normalized spacial score (nSPS) is 19.0. The molecule has 0 spiro atoms. The number of pyridine rings is 1. The molecule has 1 amide bonds. The molecule has 3 heterocycles. The molecular formula is C22H24FN5O2. The third kappa shape index (κ3) is 4.32. The summed E-state index contributed by atoms with van der Waals surface area (Å²) in [6.07, 6.45) is 6.16. The van der Waals surface area contributed by atoms with Gasteiger partial charge >= 0.3 is 0 Å². The van der Waals surface area contributed by atoms with Crippen LogP contribution in [0.25, 0.3) is 5.69 Å². The lowest BCUT2D eigenvalue weighted by atomic mass is 9.93. The Morgan fingerprint density at radius 3 is 2.73 bits per heavy atom. The van der Waals surface area contributed by atoms with E-state index in [-0.39, 0.29) is 17.9 Å². The van der Waals surface area contributed by atoms with E-state index in [1.807, 2.05) is 30.0 Å². The van der Waals surface area contributed by atoms with E-state index < -0.39 is 5.82 Å². The van der Waals surface area contributed by atoms with E-state index in [1.54, 1.807) is 12.4 Å². The maximum Gasteiger partial charge on any atom is 0.256 e. The van der Waals surface area contributed by atoms with Crippen molar-refractivity contribution >= 4 is 5.91 Å². The summed E-state index contributed by atoms with van der Waals surface area (Å²) in [6.45, 7) is 5.04.